The summed E-state index contributed by atoms with van der Waals surface area (Å²) in [5.41, 5.74) is 6.33. The highest BCUT2D eigenvalue weighted by molar-refractivity contribution is 5.88. The molecule has 0 aliphatic heterocycles. The zero-order chi connectivity index (χ0) is 17.8. The zero-order valence-electron chi connectivity index (χ0n) is 13.3. The van der Waals surface area contributed by atoms with Crippen molar-refractivity contribution in [1.29, 1.82) is 0 Å². The van der Waals surface area contributed by atoms with Crippen LogP contribution in [0.15, 0.2) is 65.6 Å². The number of para-hydroxylation sites is 1. The van der Waals surface area contributed by atoms with E-state index in [1.165, 1.54) is 10.9 Å². The Morgan fingerprint density at radius 1 is 1.08 bits per heavy atom. The van der Waals surface area contributed by atoms with E-state index in [4.69, 9.17) is 5.73 Å². The minimum atomic E-state index is -0.931. The molecule has 2 aromatic carbocycles. The van der Waals surface area contributed by atoms with Crippen LogP contribution in [-0.2, 0) is 16.1 Å². The molecule has 7 heteroatoms. The minimum Gasteiger partial charge on any atom is -0.368 e. The van der Waals surface area contributed by atoms with Crippen LogP contribution in [0.5, 0.6) is 0 Å². The van der Waals surface area contributed by atoms with E-state index in [-0.39, 0.29) is 12.0 Å². The summed E-state index contributed by atoms with van der Waals surface area (Å²) >= 11 is 0. The quantitative estimate of drug-likeness (QED) is 0.716. The van der Waals surface area contributed by atoms with Gasteiger partial charge in [0, 0.05) is 5.39 Å². The number of fused-ring (bicyclic) bond motifs is 1. The first-order valence-corrected chi connectivity index (χ1v) is 7.65. The van der Waals surface area contributed by atoms with E-state index in [0.717, 1.165) is 0 Å². The third-order valence-corrected chi connectivity index (χ3v) is 3.78. The topological polar surface area (TPSA) is 107 Å². The normalized spacial score (nSPS) is 11.8. The second kappa shape index (κ2) is 6.96. The van der Waals surface area contributed by atoms with Crippen LogP contribution in [0.25, 0.3) is 10.9 Å². The second-order valence-corrected chi connectivity index (χ2v) is 5.50. The van der Waals surface area contributed by atoms with Crippen molar-refractivity contribution in [3.63, 3.8) is 0 Å². The fourth-order valence-corrected chi connectivity index (χ4v) is 2.59. The van der Waals surface area contributed by atoms with Crippen molar-refractivity contribution < 1.29 is 9.59 Å². The second-order valence-electron chi connectivity index (χ2n) is 5.50. The molecule has 1 heterocycles. The van der Waals surface area contributed by atoms with Crippen molar-refractivity contribution in [3.8, 4) is 0 Å². The van der Waals surface area contributed by atoms with Crippen LogP contribution in [0.2, 0.25) is 0 Å². The summed E-state index contributed by atoms with van der Waals surface area (Å²) in [5, 5.41) is 7.08. The average Bonchev–Trinajstić information content (AvgIpc) is 2.63. The molecule has 0 spiro atoms. The number of aromatic nitrogens is 2. The van der Waals surface area contributed by atoms with E-state index in [1.54, 1.807) is 54.6 Å². The SMILES string of the molecule is NC(=O)C(NC(=O)Cn1ncc(=O)c2ccccc21)c1ccccc1. The van der Waals surface area contributed by atoms with E-state index >= 15 is 0 Å². The fraction of sp³-hybridized carbons (Fsp3) is 0.111. The molecule has 0 bridgehead atoms. The molecule has 0 saturated heterocycles. The van der Waals surface area contributed by atoms with Gasteiger partial charge in [-0.15, -0.1) is 0 Å². The van der Waals surface area contributed by atoms with Gasteiger partial charge in [0.15, 0.2) is 0 Å². The number of hydrogen-bond acceptors (Lipinski definition) is 4. The molecule has 126 valence electrons. The van der Waals surface area contributed by atoms with Crippen molar-refractivity contribution in [2.75, 3.05) is 0 Å². The number of nitrogens with zero attached hydrogens (tertiary/aromatic N) is 2. The molecule has 3 rings (SSSR count). The number of nitrogens with one attached hydrogen (secondary N) is 1. The number of benzene rings is 2. The van der Waals surface area contributed by atoms with Crippen molar-refractivity contribution in [1.82, 2.24) is 15.1 Å². The molecule has 25 heavy (non-hydrogen) atoms. The van der Waals surface area contributed by atoms with Crippen molar-refractivity contribution in [2.45, 2.75) is 12.6 Å². The number of amides is 2. The number of carbonyl (C=O) groups excluding carboxylic acids is 2. The summed E-state index contributed by atoms with van der Waals surface area (Å²) in [6.07, 6.45) is 1.17. The summed E-state index contributed by atoms with van der Waals surface area (Å²) in [5.74, 6) is -1.09. The summed E-state index contributed by atoms with van der Waals surface area (Å²) < 4.78 is 1.41. The lowest BCUT2D eigenvalue weighted by Crippen LogP contribution is -2.39. The van der Waals surface area contributed by atoms with E-state index in [1.807, 2.05) is 0 Å². The maximum Gasteiger partial charge on any atom is 0.244 e. The van der Waals surface area contributed by atoms with Gasteiger partial charge in [0.05, 0.1) is 11.7 Å². The molecule has 0 saturated carbocycles. The molecule has 0 aliphatic carbocycles. The summed E-state index contributed by atoms with van der Waals surface area (Å²) in [7, 11) is 0. The largest absolute Gasteiger partial charge is 0.368 e. The van der Waals surface area contributed by atoms with Gasteiger partial charge >= 0.3 is 0 Å². The molecule has 0 aliphatic rings. The number of rotatable bonds is 5. The zero-order valence-corrected chi connectivity index (χ0v) is 13.3. The summed E-state index contributed by atoms with van der Waals surface area (Å²) in [4.78, 5) is 35.9. The Balaban J connectivity index is 1.84. The molecule has 3 N–H and O–H groups in total. The van der Waals surface area contributed by atoms with Crippen LogP contribution in [0.3, 0.4) is 0 Å². The van der Waals surface area contributed by atoms with Gasteiger partial charge in [-0.1, -0.05) is 42.5 Å². The Hall–Kier alpha value is -3.48. The van der Waals surface area contributed by atoms with Crippen LogP contribution in [-0.4, -0.2) is 21.6 Å². The molecule has 7 nitrogen and oxygen atoms in total. The van der Waals surface area contributed by atoms with Crippen molar-refractivity contribution >= 4 is 22.7 Å². The van der Waals surface area contributed by atoms with Gasteiger partial charge in [0.25, 0.3) is 0 Å². The molecule has 0 fully saturated rings. The van der Waals surface area contributed by atoms with Crippen LogP contribution >= 0.6 is 0 Å². The maximum absolute atomic E-state index is 12.4. The smallest absolute Gasteiger partial charge is 0.244 e. The lowest BCUT2D eigenvalue weighted by atomic mass is 10.1. The van der Waals surface area contributed by atoms with Crippen LogP contribution < -0.4 is 16.5 Å². The fourth-order valence-electron chi connectivity index (χ4n) is 2.59. The van der Waals surface area contributed by atoms with Gasteiger partial charge in [-0.3, -0.25) is 19.1 Å². The first-order chi connectivity index (χ1) is 12.1. The first kappa shape index (κ1) is 16.4. The average molecular weight is 336 g/mol. The Bertz CT molecular complexity index is 982. The van der Waals surface area contributed by atoms with E-state index in [0.29, 0.717) is 16.5 Å². The molecular weight excluding hydrogens is 320 g/mol. The van der Waals surface area contributed by atoms with Gasteiger partial charge in [-0.2, -0.15) is 5.10 Å². The highest BCUT2D eigenvalue weighted by atomic mass is 16.2. The number of nitrogens with two attached hydrogens (primary N) is 1. The summed E-state index contributed by atoms with van der Waals surface area (Å²) in [6, 6.07) is 14.7. The van der Waals surface area contributed by atoms with E-state index < -0.39 is 17.9 Å². The third kappa shape index (κ3) is 3.55. The molecule has 1 aromatic heterocycles. The molecule has 2 amide bonds. The highest BCUT2D eigenvalue weighted by Crippen LogP contribution is 2.12. The Labute approximate surface area is 143 Å². The van der Waals surface area contributed by atoms with Gasteiger partial charge in [0.1, 0.15) is 12.6 Å². The predicted octanol–water partition coefficient (Wildman–Crippen LogP) is 0.739. The van der Waals surface area contributed by atoms with Gasteiger partial charge in [-0.05, 0) is 17.7 Å². The van der Waals surface area contributed by atoms with E-state index in [9.17, 15) is 14.4 Å². The molecule has 0 radical (unpaired) electrons. The number of hydrogen-bond donors (Lipinski definition) is 2. The van der Waals surface area contributed by atoms with Gasteiger partial charge in [0.2, 0.25) is 17.2 Å². The first-order valence-electron chi connectivity index (χ1n) is 7.65. The Kier molecular flexibility index (Phi) is 4.56. The van der Waals surface area contributed by atoms with Crippen LogP contribution in [0, 0.1) is 0 Å². The van der Waals surface area contributed by atoms with Crippen LogP contribution in [0.1, 0.15) is 11.6 Å². The van der Waals surface area contributed by atoms with Crippen molar-refractivity contribution in [2.24, 2.45) is 5.73 Å². The number of primary amides is 1. The molecule has 1 atom stereocenters. The molecular formula is C18H16N4O3. The maximum atomic E-state index is 12.4. The van der Waals surface area contributed by atoms with Crippen molar-refractivity contribution in [3.05, 3.63) is 76.6 Å². The number of carbonyl (C=O) groups is 2. The van der Waals surface area contributed by atoms with Crippen LogP contribution in [0.4, 0.5) is 0 Å². The summed E-state index contributed by atoms with van der Waals surface area (Å²) in [6.45, 7) is -0.141. The molecule has 1 unspecified atom stereocenters. The standard InChI is InChI=1S/C18H16N4O3/c19-18(25)17(12-6-2-1-3-7-12)21-16(24)11-22-14-9-5-4-8-13(14)15(23)10-20-22/h1-10,17H,11H2,(H2,19,25)(H,21,24). The third-order valence-electron chi connectivity index (χ3n) is 3.78. The van der Waals surface area contributed by atoms with E-state index in [2.05, 4.69) is 10.4 Å². The Morgan fingerprint density at radius 2 is 1.76 bits per heavy atom. The minimum absolute atomic E-state index is 0.141. The van der Waals surface area contributed by atoms with Gasteiger partial charge < -0.3 is 11.1 Å². The lowest BCUT2D eigenvalue weighted by Gasteiger charge is -2.16. The Morgan fingerprint density at radius 3 is 2.48 bits per heavy atom. The molecule has 3 aromatic rings. The monoisotopic (exact) mass is 336 g/mol. The van der Waals surface area contributed by atoms with Gasteiger partial charge in [-0.25, -0.2) is 0 Å². The lowest BCUT2D eigenvalue weighted by molar-refractivity contribution is -0.128. The highest BCUT2D eigenvalue weighted by Gasteiger charge is 2.20. The predicted molar refractivity (Wildman–Crippen MR) is 92.5 cm³/mol.